The number of pyridine rings is 1. The summed E-state index contributed by atoms with van der Waals surface area (Å²) in [6, 6.07) is 42.6. The Bertz CT molecular complexity index is 2110. The molecule has 0 unspecified atom stereocenters. The molecule has 0 radical (unpaired) electrons. The molecule has 0 spiro atoms. The van der Waals surface area contributed by atoms with Crippen LogP contribution >= 0.6 is 0 Å². The Morgan fingerprint density at radius 1 is 0.450 bits per heavy atom. The molecule has 1 heterocycles. The molecule has 0 saturated heterocycles. The van der Waals surface area contributed by atoms with E-state index >= 15 is 0 Å². The average molecular weight is 512 g/mol. The standard InChI is InChI=1S/C39H29N/c1-39(2,3)27-18-19-28-33(21-27)32(26-16-14-25(15-17-26)24-9-5-4-6-10-24)22-35-30-12-7-11-29-31-13-8-20-40-38(31)36(37(29)30)23-34(28)35/h4-23H,1-3H3. The van der Waals surface area contributed by atoms with Crippen LogP contribution in [-0.4, -0.2) is 4.98 Å². The van der Waals surface area contributed by atoms with E-state index in [0.29, 0.717) is 0 Å². The van der Waals surface area contributed by atoms with E-state index in [1.54, 1.807) is 0 Å². The second-order valence-corrected chi connectivity index (χ2v) is 12.0. The molecule has 1 heteroatoms. The number of rotatable bonds is 2. The van der Waals surface area contributed by atoms with E-state index in [2.05, 4.69) is 130 Å². The van der Waals surface area contributed by atoms with Gasteiger partial charge in [0.05, 0.1) is 5.69 Å². The van der Waals surface area contributed by atoms with Crippen molar-refractivity contribution in [1.82, 2.24) is 4.98 Å². The fourth-order valence-corrected chi connectivity index (χ4v) is 6.54. The lowest BCUT2D eigenvalue weighted by Crippen LogP contribution is -2.10. The third-order valence-electron chi connectivity index (χ3n) is 8.61. The van der Waals surface area contributed by atoms with Crippen LogP contribution < -0.4 is 0 Å². The van der Waals surface area contributed by atoms with Gasteiger partial charge < -0.3 is 0 Å². The molecule has 190 valence electrons. The van der Waals surface area contributed by atoms with Gasteiger partial charge in [-0.15, -0.1) is 0 Å². The second kappa shape index (κ2) is 8.37. The van der Waals surface area contributed by atoms with Gasteiger partial charge in [0.25, 0.3) is 0 Å². The van der Waals surface area contributed by atoms with E-state index in [-0.39, 0.29) is 5.41 Å². The van der Waals surface area contributed by atoms with Gasteiger partial charge in [-0.3, -0.25) is 4.98 Å². The van der Waals surface area contributed by atoms with Crippen LogP contribution in [0, 0.1) is 0 Å². The number of aromatic nitrogens is 1. The normalized spacial score (nSPS) is 12.4. The lowest BCUT2D eigenvalue weighted by molar-refractivity contribution is 0.591. The SMILES string of the molecule is CC(C)(C)c1ccc2c(c1)c(-c1ccc(-c3ccccc3)cc1)cc1c3cccc4c3c(cc21)-c1ncccc1-4. The summed E-state index contributed by atoms with van der Waals surface area (Å²) in [4.78, 5) is 4.83. The van der Waals surface area contributed by atoms with Crippen molar-refractivity contribution in [2.45, 2.75) is 26.2 Å². The third kappa shape index (κ3) is 3.37. The van der Waals surface area contributed by atoms with E-state index < -0.39 is 0 Å². The Labute approximate surface area is 234 Å². The molecule has 1 aliphatic rings. The zero-order chi connectivity index (χ0) is 27.0. The maximum atomic E-state index is 4.83. The average Bonchev–Trinajstić information content (AvgIpc) is 3.31. The van der Waals surface area contributed by atoms with Crippen LogP contribution in [0.4, 0.5) is 0 Å². The highest BCUT2D eigenvalue weighted by Gasteiger charge is 2.25. The van der Waals surface area contributed by atoms with Crippen LogP contribution in [0.3, 0.4) is 0 Å². The van der Waals surface area contributed by atoms with Gasteiger partial charge >= 0.3 is 0 Å². The molecular formula is C39H29N. The summed E-state index contributed by atoms with van der Waals surface area (Å²) in [5.41, 5.74) is 11.3. The Morgan fingerprint density at radius 2 is 1.15 bits per heavy atom. The van der Waals surface area contributed by atoms with Gasteiger partial charge in [0.1, 0.15) is 0 Å². The molecule has 0 bridgehead atoms. The molecule has 0 atom stereocenters. The fraction of sp³-hybridized carbons (Fsp3) is 0.103. The molecular weight excluding hydrogens is 482 g/mol. The summed E-state index contributed by atoms with van der Waals surface area (Å²) in [6.45, 7) is 6.88. The lowest BCUT2D eigenvalue weighted by atomic mass is 9.83. The van der Waals surface area contributed by atoms with Gasteiger partial charge in [-0.25, -0.2) is 0 Å². The third-order valence-corrected chi connectivity index (χ3v) is 8.61. The number of benzene rings is 6. The lowest BCUT2D eigenvalue weighted by Gasteiger charge is -2.21. The van der Waals surface area contributed by atoms with Crippen LogP contribution in [0.1, 0.15) is 26.3 Å². The predicted molar refractivity (Wildman–Crippen MR) is 171 cm³/mol. The van der Waals surface area contributed by atoms with Gasteiger partial charge in [-0.05, 0) is 95.4 Å². The smallest absolute Gasteiger partial charge is 0.0787 e. The molecule has 0 fully saturated rings. The first kappa shape index (κ1) is 23.2. The summed E-state index contributed by atoms with van der Waals surface area (Å²) in [7, 11) is 0. The molecule has 0 amide bonds. The van der Waals surface area contributed by atoms with E-state index in [0.717, 1.165) is 5.69 Å². The van der Waals surface area contributed by atoms with Gasteiger partial charge in [0.2, 0.25) is 0 Å². The molecule has 1 aromatic heterocycles. The van der Waals surface area contributed by atoms with E-state index in [1.165, 1.54) is 76.8 Å². The van der Waals surface area contributed by atoms with Crippen molar-refractivity contribution in [3.05, 3.63) is 127 Å². The highest BCUT2D eigenvalue weighted by Crippen LogP contribution is 2.50. The molecule has 8 rings (SSSR count). The van der Waals surface area contributed by atoms with Gasteiger partial charge in [0.15, 0.2) is 0 Å². The van der Waals surface area contributed by atoms with E-state index in [9.17, 15) is 0 Å². The van der Waals surface area contributed by atoms with Crippen molar-refractivity contribution >= 4 is 32.3 Å². The van der Waals surface area contributed by atoms with Crippen LogP contribution in [0.2, 0.25) is 0 Å². The van der Waals surface area contributed by atoms with Crippen molar-refractivity contribution in [3.63, 3.8) is 0 Å². The van der Waals surface area contributed by atoms with Crippen molar-refractivity contribution in [3.8, 4) is 44.6 Å². The minimum Gasteiger partial charge on any atom is -0.256 e. The summed E-state index contributed by atoms with van der Waals surface area (Å²) in [5, 5.41) is 7.80. The number of fused-ring (bicyclic) bond motifs is 7. The molecule has 7 aromatic rings. The number of nitrogens with zero attached hydrogens (tertiary/aromatic N) is 1. The molecule has 0 N–H and O–H groups in total. The maximum absolute atomic E-state index is 4.83. The zero-order valence-corrected chi connectivity index (χ0v) is 23.0. The maximum Gasteiger partial charge on any atom is 0.0787 e. The number of hydrogen-bond acceptors (Lipinski definition) is 1. The Balaban J connectivity index is 1.46. The number of hydrogen-bond donors (Lipinski definition) is 0. The van der Waals surface area contributed by atoms with Crippen molar-refractivity contribution < 1.29 is 0 Å². The van der Waals surface area contributed by atoms with E-state index in [1.807, 2.05) is 12.3 Å². The van der Waals surface area contributed by atoms with Crippen LogP contribution in [0.15, 0.2) is 121 Å². The summed E-state index contributed by atoms with van der Waals surface area (Å²) >= 11 is 0. The highest BCUT2D eigenvalue weighted by molar-refractivity contribution is 6.28. The van der Waals surface area contributed by atoms with Crippen LogP contribution in [-0.2, 0) is 5.41 Å². The van der Waals surface area contributed by atoms with E-state index in [4.69, 9.17) is 4.98 Å². The van der Waals surface area contributed by atoms with Gasteiger partial charge in [-0.2, -0.15) is 0 Å². The monoisotopic (exact) mass is 511 g/mol. The van der Waals surface area contributed by atoms with Crippen molar-refractivity contribution in [2.24, 2.45) is 0 Å². The summed E-state index contributed by atoms with van der Waals surface area (Å²) < 4.78 is 0. The predicted octanol–water partition coefficient (Wildman–Crippen LogP) is 10.8. The van der Waals surface area contributed by atoms with Crippen LogP contribution in [0.5, 0.6) is 0 Å². The second-order valence-electron chi connectivity index (χ2n) is 12.0. The Morgan fingerprint density at radius 3 is 1.95 bits per heavy atom. The van der Waals surface area contributed by atoms with Gasteiger partial charge in [-0.1, -0.05) is 112 Å². The van der Waals surface area contributed by atoms with Gasteiger partial charge in [0, 0.05) is 17.3 Å². The minimum atomic E-state index is 0.0623. The van der Waals surface area contributed by atoms with Crippen molar-refractivity contribution in [1.29, 1.82) is 0 Å². The molecule has 1 nitrogen and oxygen atoms in total. The topological polar surface area (TPSA) is 12.9 Å². The summed E-state index contributed by atoms with van der Waals surface area (Å²) in [6.07, 6.45) is 1.91. The minimum absolute atomic E-state index is 0.0623. The molecule has 0 aliphatic heterocycles. The Hall–Kier alpha value is -4.75. The first-order chi connectivity index (χ1) is 19.5. The molecule has 40 heavy (non-hydrogen) atoms. The fourth-order valence-electron chi connectivity index (χ4n) is 6.54. The first-order valence-corrected chi connectivity index (χ1v) is 14.1. The summed E-state index contributed by atoms with van der Waals surface area (Å²) in [5.74, 6) is 0. The van der Waals surface area contributed by atoms with Crippen molar-refractivity contribution in [2.75, 3.05) is 0 Å². The molecule has 0 saturated carbocycles. The first-order valence-electron chi connectivity index (χ1n) is 14.1. The van der Waals surface area contributed by atoms with Crippen LogP contribution in [0.25, 0.3) is 77.0 Å². The molecule has 6 aromatic carbocycles. The largest absolute Gasteiger partial charge is 0.256 e. The zero-order valence-electron chi connectivity index (χ0n) is 23.0. The molecule has 1 aliphatic carbocycles. The Kier molecular flexibility index (Phi) is 4.85. The highest BCUT2D eigenvalue weighted by atomic mass is 14.7. The quantitative estimate of drug-likeness (QED) is 0.210.